The van der Waals surface area contributed by atoms with E-state index in [1.54, 1.807) is 19.5 Å². The van der Waals surface area contributed by atoms with Gasteiger partial charge in [-0.2, -0.15) is 0 Å². The summed E-state index contributed by atoms with van der Waals surface area (Å²) in [5, 5.41) is 18.5. The summed E-state index contributed by atoms with van der Waals surface area (Å²) in [5.41, 5.74) is 1.77. The lowest BCUT2D eigenvalue weighted by Gasteiger charge is -2.34. The van der Waals surface area contributed by atoms with Gasteiger partial charge in [-0.1, -0.05) is 11.8 Å². The molecule has 0 aliphatic carbocycles. The lowest BCUT2D eigenvalue weighted by Crippen LogP contribution is -2.49. The Balaban J connectivity index is 1.52. The van der Waals surface area contributed by atoms with Crippen molar-refractivity contribution in [3.05, 3.63) is 48.8 Å². The van der Waals surface area contributed by atoms with Gasteiger partial charge in [0, 0.05) is 56.4 Å². The Hall–Kier alpha value is -2.95. The molecule has 32 heavy (non-hydrogen) atoms. The molecule has 0 spiro atoms. The first kappa shape index (κ1) is 22.3. The molecule has 1 fully saturated rings. The zero-order valence-corrected chi connectivity index (χ0v) is 18.7. The zero-order chi connectivity index (χ0) is 22.3. The molecule has 3 heterocycles. The predicted molar refractivity (Wildman–Crippen MR) is 122 cm³/mol. The van der Waals surface area contributed by atoms with Crippen molar-refractivity contribution in [3.8, 4) is 22.8 Å². The normalized spacial score (nSPS) is 14.5. The summed E-state index contributed by atoms with van der Waals surface area (Å²) in [7, 11) is 1.63. The Morgan fingerprint density at radius 2 is 1.78 bits per heavy atom. The van der Waals surface area contributed by atoms with Crippen LogP contribution in [-0.4, -0.2) is 92.8 Å². The van der Waals surface area contributed by atoms with Gasteiger partial charge in [-0.15, -0.1) is 10.2 Å². The Morgan fingerprint density at radius 1 is 1.06 bits per heavy atom. The van der Waals surface area contributed by atoms with Gasteiger partial charge in [0.05, 0.1) is 19.5 Å². The molecular formula is C22H26N6O3S. The number of carbonyl (C=O) groups is 1. The van der Waals surface area contributed by atoms with Crippen LogP contribution in [0.5, 0.6) is 5.75 Å². The van der Waals surface area contributed by atoms with Gasteiger partial charge in [-0.05, 0) is 36.4 Å². The van der Waals surface area contributed by atoms with Gasteiger partial charge >= 0.3 is 0 Å². The number of rotatable bonds is 8. The Morgan fingerprint density at radius 3 is 2.44 bits per heavy atom. The minimum atomic E-state index is 0.0772. The van der Waals surface area contributed by atoms with E-state index in [1.807, 2.05) is 45.9 Å². The first-order valence-corrected chi connectivity index (χ1v) is 11.4. The lowest BCUT2D eigenvalue weighted by molar-refractivity contribution is -0.130. The molecular weight excluding hydrogens is 428 g/mol. The van der Waals surface area contributed by atoms with Gasteiger partial charge in [-0.25, -0.2) is 0 Å². The highest BCUT2D eigenvalue weighted by Gasteiger charge is 2.22. The molecule has 1 saturated heterocycles. The number of aliphatic hydroxyl groups is 1. The molecule has 0 saturated carbocycles. The molecule has 1 aliphatic rings. The first-order valence-electron chi connectivity index (χ1n) is 10.4. The summed E-state index contributed by atoms with van der Waals surface area (Å²) in [6.07, 6.45) is 3.43. The third-order valence-corrected chi connectivity index (χ3v) is 6.28. The molecule has 9 nitrogen and oxygen atoms in total. The maximum atomic E-state index is 12.8. The number of aromatic nitrogens is 4. The zero-order valence-electron chi connectivity index (χ0n) is 17.9. The summed E-state index contributed by atoms with van der Waals surface area (Å²) in [6, 6.07) is 11.4. The average Bonchev–Trinajstić information content (AvgIpc) is 3.28. The van der Waals surface area contributed by atoms with Crippen LogP contribution in [0.4, 0.5) is 0 Å². The maximum absolute atomic E-state index is 12.8. The topological polar surface area (TPSA) is 96.6 Å². The van der Waals surface area contributed by atoms with Gasteiger partial charge in [0.1, 0.15) is 5.75 Å². The fourth-order valence-electron chi connectivity index (χ4n) is 3.60. The second-order valence-corrected chi connectivity index (χ2v) is 8.25. The van der Waals surface area contributed by atoms with Crippen molar-refractivity contribution in [1.29, 1.82) is 0 Å². The number of hydrogen-bond donors (Lipinski definition) is 1. The van der Waals surface area contributed by atoms with Gasteiger partial charge in [0.2, 0.25) is 5.91 Å². The minimum absolute atomic E-state index is 0.0772. The summed E-state index contributed by atoms with van der Waals surface area (Å²) < 4.78 is 7.23. The van der Waals surface area contributed by atoms with E-state index in [2.05, 4.69) is 20.1 Å². The average molecular weight is 455 g/mol. The number of hydrogen-bond acceptors (Lipinski definition) is 8. The van der Waals surface area contributed by atoms with E-state index < -0.39 is 0 Å². The number of benzene rings is 1. The minimum Gasteiger partial charge on any atom is -0.497 e. The Labute approximate surface area is 191 Å². The van der Waals surface area contributed by atoms with E-state index in [9.17, 15) is 4.79 Å². The first-order chi connectivity index (χ1) is 15.7. The number of thioether (sulfide) groups is 1. The van der Waals surface area contributed by atoms with Gasteiger partial charge in [0.15, 0.2) is 11.0 Å². The molecule has 0 bridgehead atoms. The number of aliphatic hydroxyl groups excluding tert-OH is 1. The highest BCUT2D eigenvalue weighted by molar-refractivity contribution is 7.99. The van der Waals surface area contributed by atoms with E-state index in [4.69, 9.17) is 9.84 Å². The van der Waals surface area contributed by atoms with Crippen molar-refractivity contribution in [2.24, 2.45) is 0 Å². The van der Waals surface area contributed by atoms with Crippen LogP contribution in [0, 0.1) is 0 Å². The number of methoxy groups -OCH3 is 1. The fourth-order valence-corrected chi connectivity index (χ4v) is 4.45. The van der Waals surface area contributed by atoms with Crippen molar-refractivity contribution < 1.29 is 14.6 Å². The quantitative estimate of drug-likeness (QED) is 0.513. The molecule has 1 aliphatic heterocycles. The van der Waals surface area contributed by atoms with E-state index in [0.29, 0.717) is 30.6 Å². The van der Waals surface area contributed by atoms with Crippen molar-refractivity contribution >= 4 is 17.7 Å². The summed E-state index contributed by atoms with van der Waals surface area (Å²) in [5.74, 6) is 1.81. The summed E-state index contributed by atoms with van der Waals surface area (Å²) in [4.78, 5) is 20.9. The van der Waals surface area contributed by atoms with E-state index in [0.717, 1.165) is 30.1 Å². The van der Waals surface area contributed by atoms with Crippen molar-refractivity contribution in [1.82, 2.24) is 29.5 Å². The highest BCUT2D eigenvalue weighted by atomic mass is 32.2. The van der Waals surface area contributed by atoms with Crippen molar-refractivity contribution in [2.75, 3.05) is 52.2 Å². The number of nitrogens with zero attached hydrogens (tertiary/aromatic N) is 6. The second-order valence-electron chi connectivity index (χ2n) is 7.31. The highest BCUT2D eigenvalue weighted by Crippen LogP contribution is 2.29. The molecule has 0 unspecified atom stereocenters. The van der Waals surface area contributed by atoms with Gasteiger partial charge < -0.3 is 14.7 Å². The van der Waals surface area contributed by atoms with E-state index >= 15 is 0 Å². The number of ether oxygens (including phenoxy) is 1. The lowest BCUT2D eigenvalue weighted by atomic mass is 10.2. The van der Waals surface area contributed by atoms with Crippen molar-refractivity contribution in [2.45, 2.75) is 5.16 Å². The number of amides is 1. The van der Waals surface area contributed by atoms with Crippen LogP contribution < -0.4 is 4.74 Å². The SMILES string of the molecule is COc1ccc(-n2c(SCC(=O)N3CCN(CCO)CC3)nnc2-c2ccncc2)cc1. The largest absolute Gasteiger partial charge is 0.497 e. The van der Waals surface area contributed by atoms with Gasteiger partial charge in [0.25, 0.3) is 0 Å². The number of β-amino-alcohol motifs (C(OH)–C–C–N with tert-alkyl or cyclic N) is 1. The van der Waals surface area contributed by atoms with E-state index in [-0.39, 0.29) is 18.3 Å². The summed E-state index contributed by atoms with van der Waals surface area (Å²) >= 11 is 1.38. The van der Waals surface area contributed by atoms with Crippen LogP contribution >= 0.6 is 11.8 Å². The van der Waals surface area contributed by atoms with Gasteiger partial charge in [-0.3, -0.25) is 19.2 Å². The molecule has 1 amide bonds. The molecule has 0 atom stereocenters. The molecule has 1 aromatic carbocycles. The summed E-state index contributed by atoms with van der Waals surface area (Å²) in [6.45, 7) is 3.71. The van der Waals surface area contributed by atoms with Crippen LogP contribution in [0.2, 0.25) is 0 Å². The number of piperazine rings is 1. The Bertz CT molecular complexity index is 1020. The molecule has 10 heteroatoms. The van der Waals surface area contributed by atoms with Crippen LogP contribution in [0.25, 0.3) is 17.1 Å². The van der Waals surface area contributed by atoms with Crippen LogP contribution in [0.1, 0.15) is 0 Å². The van der Waals surface area contributed by atoms with E-state index in [1.165, 1.54) is 11.8 Å². The fraction of sp³-hybridized carbons (Fsp3) is 0.364. The van der Waals surface area contributed by atoms with Crippen molar-refractivity contribution in [3.63, 3.8) is 0 Å². The standard InChI is InChI=1S/C22H26N6O3S/c1-31-19-4-2-18(3-5-19)28-21(17-6-8-23-9-7-17)24-25-22(28)32-16-20(30)27-12-10-26(11-13-27)14-15-29/h2-9,29H,10-16H2,1H3. The molecule has 2 aromatic heterocycles. The monoisotopic (exact) mass is 454 g/mol. The molecule has 1 N–H and O–H groups in total. The van der Waals surface area contributed by atoms with Crippen LogP contribution in [0.15, 0.2) is 53.9 Å². The maximum Gasteiger partial charge on any atom is 0.233 e. The molecule has 3 aromatic rings. The predicted octanol–water partition coefficient (Wildman–Crippen LogP) is 1.57. The smallest absolute Gasteiger partial charge is 0.233 e. The van der Waals surface area contributed by atoms with Crippen LogP contribution in [0.3, 0.4) is 0 Å². The Kier molecular flexibility index (Phi) is 7.35. The third kappa shape index (κ3) is 5.09. The number of pyridine rings is 1. The van der Waals surface area contributed by atoms with Crippen LogP contribution in [-0.2, 0) is 4.79 Å². The molecule has 168 valence electrons. The third-order valence-electron chi connectivity index (χ3n) is 5.37. The molecule has 4 rings (SSSR count). The number of carbonyl (C=O) groups excluding carboxylic acids is 1. The molecule has 0 radical (unpaired) electrons. The second kappa shape index (κ2) is 10.6.